The van der Waals surface area contributed by atoms with E-state index in [-0.39, 0.29) is 30.4 Å². The van der Waals surface area contributed by atoms with Crippen molar-refractivity contribution in [2.75, 3.05) is 6.54 Å². The van der Waals surface area contributed by atoms with Crippen LogP contribution in [0.3, 0.4) is 0 Å². The maximum Gasteiger partial charge on any atom is 0.271 e. The Morgan fingerprint density at radius 1 is 0.975 bits per heavy atom. The number of hydrogen-bond donors (Lipinski definition) is 1. The van der Waals surface area contributed by atoms with Gasteiger partial charge in [0.1, 0.15) is 23.1 Å². The minimum Gasteiger partial charge on any atom is -0.486 e. The van der Waals surface area contributed by atoms with Crippen LogP contribution >= 0.6 is 11.3 Å². The number of rotatable bonds is 8. The summed E-state index contributed by atoms with van der Waals surface area (Å²) in [5.74, 6) is 0.957. The van der Waals surface area contributed by atoms with Crippen molar-refractivity contribution in [1.82, 2.24) is 15.2 Å². The second-order valence-electron chi connectivity index (χ2n) is 10.5. The van der Waals surface area contributed by atoms with Gasteiger partial charge in [0, 0.05) is 24.4 Å². The average Bonchev–Trinajstić information content (AvgIpc) is 3.72. The number of ether oxygens (including phenoxy) is 1. The summed E-state index contributed by atoms with van der Waals surface area (Å²) >= 11 is 1.41. The van der Waals surface area contributed by atoms with E-state index in [4.69, 9.17) is 4.74 Å². The van der Waals surface area contributed by atoms with Crippen LogP contribution in [-0.4, -0.2) is 28.2 Å². The number of benzene rings is 3. The fraction of sp³-hybridized carbons (Fsp3) is 0.303. The fourth-order valence-electron chi connectivity index (χ4n) is 5.82. The Morgan fingerprint density at radius 2 is 1.73 bits per heavy atom. The highest BCUT2D eigenvalue weighted by Gasteiger charge is 2.36. The molecule has 0 bridgehead atoms. The lowest BCUT2D eigenvalue weighted by molar-refractivity contribution is -0.137. The van der Waals surface area contributed by atoms with Crippen LogP contribution < -0.4 is 10.1 Å². The quantitative estimate of drug-likeness (QED) is 0.278. The normalized spacial score (nSPS) is 16.9. The van der Waals surface area contributed by atoms with Gasteiger partial charge in [-0.15, -0.1) is 11.3 Å². The summed E-state index contributed by atoms with van der Waals surface area (Å²) in [5, 5.41) is 5.43. The number of thiazole rings is 1. The van der Waals surface area contributed by atoms with Crippen LogP contribution in [0.25, 0.3) is 0 Å². The summed E-state index contributed by atoms with van der Waals surface area (Å²) in [7, 11) is 0. The standard InChI is InChI=1S/C33H33N3O3S/c37-32(34-20-23-9-3-1-4-10-23)29-22-40-30(35-29)21-39-27-16-15-24-17-18-36(33(38)26-13-7-8-14-26)31(28(24)19-27)25-11-5-2-6-12-25/h1-6,9-12,15-16,19,22,26,31H,7-8,13-14,17-18,20-21H2,(H,34,37). The van der Waals surface area contributed by atoms with Crippen LogP contribution in [0, 0.1) is 5.92 Å². The van der Waals surface area contributed by atoms with E-state index in [1.807, 2.05) is 54.6 Å². The Morgan fingerprint density at radius 3 is 2.50 bits per heavy atom. The van der Waals surface area contributed by atoms with E-state index in [0.717, 1.165) is 66.1 Å². The van der Waals surface area contributed by atoms with Gasteiger partial charge in [0.2, 0.25) is 5.91 Å². The third kappa shape index (κ3) is 5.80. The topological polar surface area (TPSA) is 71.5 Å². The molecule has 1 N–H and O–H groups in total. The van der Waals surface area contributed by atoms with Crippen molar-refractivity contribution < 1.29 is 14.3 Å². The van der Waals surface area contributed by atoms with Gasteiger partial charge in [-0.05, 0) is 53.6 Å². The summed E-state index contributed by atoms with van der Waals surface area (Å²) in [6, 6.07) is 26.2. The van der Waals surface area contributed by atoms with Gasteiger partial charge >= 0.3 is 0 Å². The van der Waals surface area contributed by atoms with Gasteiger partial charge in [-0.1, -0.05) is 79.6 Å². The first-order valence-corrected chi connectivity index (χ1v) is 14.9. The summed E-state index contributed by atoms with van der Waals surface area (Å²) in [6.07, 6.45) is 5.11. The van der Waals surface area contributed by atoms with Crippen molar-refractivity contribution in [2.24, 2.45) is 5.92 Å². The average molecular weight is 552 g/mol. The van der Waals surface area contributed by atoms with Crippen molar-refractivity contribution in [3.8, 4) is 5.75 Å². The van der Waals surface area contributed by atoms with Gasteiger partial charge in [0.25, 0.3) is 5.91 Å². The van der Waals surface area contributed by atoms with E-state index in [0.29, 0.717) is 12.2 Å². The van der Waals surface area contributed by atoms with Crippen molar-refractivity contribution in [1.29, 1.82) is 0 Å². The van der Waals surface area contributed by atoms with Crippen LogP contribution in [0.1, 0.15) is 69.5 Å². The van der Waals surface area contributed by atoms with E-state index in [1.165, 1.54) is 16.9 Å². The Bertz CT molecular complexity index is 1460. The maximum absolute atomic E-state index is 13.6. The molecule has 0 saturated heterocycles. The molecule has 2 aliphatic rings. The number of nitrogens with one attached hydrogen (secondary N) is 1. The molecule has 1 aliphatic heterocycles. The monoisotopic (exact) mass is 551 g/mol. The molecule has 6 rings (SSSR count). The molecular formula is C33H33N3O3S. The third-order valence-corrected chi connectivity index (χ3v) is 8.71. The highest BCUT2D eigenvalue weighted by atomic mass is 32.1. The minimum atomic E-state index is -0.196. The molecule has 2 heterocycles. The van der Waals surface area contributed by atoms with Crippen molar-refractivity contribution in [3.63, 3.8) is 0 Å². The first-order valence-electron chi connectivity index (χ1n) is 14.0. The van der Waals surface area contributed by atoms with Crippen molar-refractivity contribution >= 4 is 23.2 Å². The molecule has 1 aliphatic carbocycles. The number of amides is 2. The molecule has 6 nitrogen and oxygen atoms in total. The van der Waals surface area contributed by atoms with E-state index in [1.54, 1.807) is 5.38 Å². The molecule has 204 valence electrons. The van der Waals surface area contributed by atoms with E-state index in [2.05, 4.69) is 39.5 Å². The molecule has 1 aromatic heterocycles. The number of nitrogens with zero attached hydrogens (tertiary/aromatic N) is 2. The Kier molecular flexibility index (Phi) is 7.91. The summed E-state index contributed by atoms with van der Waals surface area (Å²) in [5.41, 5.74) is 4.94. The van der Waals surface area contributed by atoms with Crippen LogP contribution in [0.5, 0.6) is 5.75 Å². The van der Waals surface area contributed by atoms with E-state index < -0.39 is 0 Å². The number of carbonyl (C=O) groups excluding carboxylic acids is 2. The molecule has 4 aromatic rings. The Hall–Kier alpha value is -3.97. The summed E-state index contributed by atoms with van der Waals surface area (Å²) < 4.78 is 6.17. The summed E-state index contributed by atoms with van der Waals surface area (Å²) in [4.78, 5) is 32.8. The fourth-order valence-corrected chi connectivity index (χ4v) is 6.50. The van der Waals surface area contributed by atoms with Crippen LogP contribution in [0.15, 0.2) is 84.2 Å². The largest absolute Gasteiger partial charge is 0.486 e. The molecule has 7 heteroatoms. The minimum absolute atomic E-state index is 0.124. The Labute approximate surface area is 239 Å². The van der Waals surface area contributed by atoms with Gasteiger partial charge in [-0.2, -0.15) is 0 Å². The second kappa shape index (κ2) is 12.0. The number of hydrogen-bond acceptors (Lipinski definition) is 5. The lowest BCUT2D eigenvalue weighted by Crippen LogP contribution is -2.43. The molecule has 3 aromatic carbocycles. The smallest absolute Gasteiger partial charge is 0.271 e. The third-order valence-electron chi connectivity index (χ3n) is 7.89. The molecule has 1 fully saturated rings. The van der Waals surface area contributed by atoms with Crippen molar-refractivity contribution in [2.45, 2.75) is 51.3 Å². The molecule has 1 atom stereocenters. The number of carbonyl (C=O) groups is 2. The molecule has 1 saturated carbocycles. The van der Waals surface area contributed by atoms with Gasteiger partial charge in [-0.3, -0.25) is 9.59 Å². The van der Waals surface area contributed by atoms with Gasteiger partial charge in [-0.25, -0.2) is 4.98 Å². The molecule has 40 heavy (non-hydrogen) atoms. The summed E-state index contributed by atoms with van der Waals surface area (Å²) in [6.45, 7) is 1.47. The number of aromatic nitrogens is 1. The number of fused-ring (bicyclic) bond motifs is 1. The highest BCUT2D eigenvalue weighted by Crippen LogP contribution is 2.39. The predicted molar refractivity (Wildman–Crippen MR) is 156 cm³/mol. The second-order valence-corrected chi connectivity index (χ2v) is 11.5. The SMILES string of the molecule is O=C(NCc1ccccc1)c1csc(COc2ccc3c(c2)C(c2ccccc2)N(C(=O)C2CCCC2)CC3)n1. The van der Waals surface area contributed by atoms with E-state index in [9.17, 15) is 9.59 Å². The van der Waals surface area contributed by atoms with Crippen LogP contribution in [0.2, 0.25) is 0 Å². The maximum atomic E-state index is 13.6. The lowest BCUT2D eigenvalue weighted by atomic mass is 9.87. The molecule has 0 spiro atoms. The molecule has 1 unspecified atom stereocenters. The van der Waals surface area contributed by atoms with Crippen LogP contribution in [-0.2, 0) is 24.4 Å². The zero-order chi connectivity index (χ0) is 27.3. The lowest BCUT2D eigenvalue weighted by Gasteiger charge is -2.39. The zero-order valence-electron chi connectivity index (χ0n) is 22.4. The zero-order valence-corrected chi connectivity index (χ0v) is 23.2. The molecule has 0 radical (unpaired) electrons. The Balaban J connectivity index is 1.16. The first kappa shape index (κ1) is 26.3. The molecule has 2 amide bonds. The molecular weight excluding hydrogens is 518 g/mol. The van der Waals surface area contributed by atoms with Gasteiger partial charge in [0.05, 0.1) is 6.04 Å². The van der Waals surface area contributed by atoms with E-state index >= 15 is 0 Å². The predicted octanol–water partition coefficient (Wildman–Crippen LogP) is 6.32. The van der Waals surface area contributed by atoms with Gasteiger partial charge in [0.15, 0.2) is 0 Å². The van der Waals surface area contributed by atoms with Gasteiger partial charge < -0.3 is 15.0 Å². The van der Waals surface area contributed by atoms with Crippen LogP contribution in [0.4, 0.5) is 0 Å². The van der Waals surface area contributed by atoms with Crippen molar-refractivity contribution in [3.05, 3.63) is 117 Å². The first-order chi connectivity index (χ1) is 19.7. The highest BCUT2D eigenvalue weighted by molar-refractivity contribution is 7.09.